The van der Waals surface area contributed by atoms with Gasteiger partial charge in [-0.25, -0.2) is 14.4 Å². The number of aromatic nitrogens is 2. The first-order valence-corrected chi connectivity index (χ1v) is 8.80. The second kappa shape index (κ2) is 7.86. The fraction of sp³-hybridized carbons (Fsp3) is 0.389. The molecule has 3 rings (SSSR count). The molecule has 1 amide bonds. The van der Waals surface area contributed by atoms with Crippen LogP contribution in [0.1, 0.15) is 24.2 Å². The molecule has 8 heteroatoms. The van der Waals surface area contributed by atoms with Gasteiger partial charge in [-0.2, -0.15) is 0 Å². The number of halogens is 2. The van der Waals surface area contributed by atoms with Crippen LogP contribution < -0.4 is 9.64 Å². The second-order valence-electron chi connectivity index (χ2n) is 6.26. The van der Waals surface area contributed by atoms with Crippen LogP contribution in [-0.4, -0.2) is 53.1 Å². The van der Waals surface area contributed by atoms with Crippen molar-refractivity contribution < 1.29 is 13.9 Å². The molecule has 2 heterocycles. The molecule has 6 nitrogen and oxygen atoms in total. The molecule has 0 N–H and O–H groups in total. The Kier molecular flexibility index (Phi) is 5.56. The lowest BCUT2D eigenvalue weighted by Crippen LogP contribution is -2.49. The summed E-state index contributed by atoms with van der Waals surface area (Å²) < 4.78 is 18.9. The zero-order valence-corrected chi connectivity index (χ0v) is 15.4. The van der Waals surface area contributed by atoms with Crippen molar-refractivity contribution >= 4 is 23.3 Å². The van der Waals surface area contributed by atoms with Gasteiger partial charge in [0.15, 0.2) is 5.82 Å². The van der Waals surface area contributed by atoms with Gasteiger partial charge in [0.2, 0.25) is 0 Å². The minimum Gasteiger partial charge on any atom is -0.472 e. The van der Waals surface area contributed by atoms with Gasteiger partial charge in [-0.3, -0.25) is 4.79 Å². The van der Waals surface area contributed by atoms with Crippen LogP contribution in [-0.2, 0) is 0 Å². The predicted molar refractivity (Wildman–Crippen MR) is 97.3 cm³/mol. The number of carbonyl (C=O) groups excluding carboxylic acids is 1. The minimum absolute atomic E-state index is 0.00562. The van der Waals surface area contributed by atoms with Crippen molar-refractivity contribution in [3.05, 3.63) is 47.0 Å². The Balaban J connectivity index is 1.69. The third-order valence-electron chi connectivity index (χ3n) is 4.02. The average Bonchev–Trinajstić information content (AvgIpc) is 2.61. The molecule has 138 valence electrons. The van der Waals surface area contributed by atoms with E-state index in [1.54, 1.807) is 17.3 Å². The van der Waals surface area contributed by atoms with Gasteiger partial charge < -0.3 is 14.5 Å². The number of hydrogen-bond donors (Lipinski definition) is 0. The van der Waals surface area contributed by atoms with E-state index in [2.05, 4.69) is 9.97 Å². The molecule has 1 aliphatic rings. The van der Waals surface area contributed by atoms with E-state index in [0.717, 1.165) is 6.07 Å². The summed E-state index contributed by atoms with van der Waals surface area (Å²) in [6.45, 7) is 6.06. The molecule has 0 atom stereocenters. The number of rotatable bonds is 4. The maximum Gasteiger partial charge on any atom is 0.257 e. The zero-order chi connectivity index (χ0) is 18.7. The van der Waals surface area contributed by atoms with E-state index in [-0.39, 0.29) is 17.0 Å². The molecule has 2 aromatic rings. The zero-order valence-electron chi connectivity index (χ0n) is 14.7. The van der Waals surface area contributed by atoms with Crippen LogP contribution in [0, 0.1) is 5.82 Å². The van der Waals surface area contributed by atoms with Gasteiger partial charge in [0.25, 0.3) is 11.8 Å². The Morgan fingerprint density at radius 3 is 2.54 bits per heavy atom. The molecule has 0 spiro atoms. The number of amides is 1. The molecule has 0 radical (unpaired) electrons. The maximum absolute atomic E-state index is 13.2. The van der Waals surface area contributed by atoms with Crippen molar-refractivity contribution in [2.75, 3.05) is 31.1 Å². The lowest BCUT2D eigenvalue weighted by Gasteiger charge is -2.35. The third-order valence-corrected chi connectivity index (χ3v) is 4.33. The third kappa shape index (κ3) is 4.04. The highest BCUT2D eigenvalue weighted by atomic mass is 35.5. The van der Waals surface area contributed by atoms with Gasteiger partial charge in [0.05, 0.1) is 16.7 Å². The van der Waals surface area contributed by atoms with Crippen LogP contribution in [0.3, 0.4) is 0 Å². The number of nitrogens with zero attached hydrogens (tertiary/aromatic N) is 4. The van der Waals surface area contributed by atoms with E-state index >= 15 is 0 Å². The molecule has 1 fully saturated rings. The van der Waals surface area contributed by atoms with E-state index in [1.165, 1.54) is 12.1 Å². The number of anilines is 1. The van der Waals surface area contributed by atoms with Gasteiger partial charge in [-0.1, -0.05) is 11.6 Å². The van der Waals surface area contributed by atoms with Crippen LogP contribution in [0.2, 0.25) is 5.02 Å². The van der Waals surface area contributed by atoms with E-state index in [0.29, 0.717) is 43.4 Å². The minimum atomic E-state index is -0.461. The maximum atomic E-state index is 13.2. The summed E-state index contributed by atoms with van der Waals surface area (Å²) in [5, 5.41) is 0.124. The quantitative estimate of drug-likeness (QED) is 0.818. The number of hydrogen-bond acceptors (Lipinski definition) is 5. The van der Waals surface area contributed by atoms with Crippen molar-refractivity contribution in [3.63, 3.8) is 0 Å². The second-order valence-corrected chi connectivity index (χ2v) is 6.66. The monoisotopic (exact) mass is 378 g/mol. The highest BCUT2D eigenvalue weighted by Gasteiger charge is 2.26. The number of ether oxygens (including phenoxy) is 1. The van der Waals surface area contributed by atoms with Crippen molar-refractivity contribution in [1.82, 2.24) is 14.9 Å². The number of piperazine rings is 1. The lowest BCUT2D eigenvalue weighted by molar-refractivity contribution is 0.0746. The molecule has 0 aliphatic carbocycles. The molecule has 1 aromatic heterocycles. The smallest absolute Gasteiger partial charge is 0.257 e. The van der Waals surface area contributed by atoms with E-state index in [9.17, 15) is 9.18 Å². The predicted octanol–water partition coefficient (Wildman–Crippen LogP) is 3.02. The van der Waals surface area contributed by atoms with E-state index < -0.39 is 5.82 Å². The molecular weight excluding hydrogens is 359 g/mol. The summed E-state index contributed by atoms with van der Waals surface area (Å²) in [7, 11) is 0. The van der Waals surface area contributed by atoms with Crippen molar-refractivity contribution in [2.45, 2.75) is 20.0 Å². The Labute approximate surface area is 156 Å². The molecule has 26 heavy (non-hydrogen) atoms. The summed E-state index contributed by atoms with van der Waals surface area (Å²) >= 11 is 6.00. The molecule has 0 unspecified atom stereocenters. The molecular formula is C18H20ClFN4O2. The molecule has 1 aromatic carbocycles. The van der Waals surface area contributed by atoms with Crippen molar-refractivity contribution in [1.29, 1.82) is 0 Å². The molecule has 1 aliphatic heterocycles. The van der Waals surface area contributed by atoms with Crippen molar-refractivity contribution in [3.8, 4) is 5.88 Å². The SMILES string of the molecule is CC(C)Oc1nccnc1N1CCN(C(=O)c2ccc(F)cc2Cl)CC1. The van der Waals surface area contributed by atoms with Gasteiger partial charge in [0.1, 0.15) is 5.82 Å². The summed E-state index contributed by atoms with van der Waals surface area (Å²) in [6, 6.07) is 3.81. The Bertz CT molecular complexity index is 795. The van der Waals surface area contributed by atoms with Gasteiger partial charge >= 0.3 is 0 Å². The first-order valence-electron chi connectivity index (χ1n) is 8.42. The van der Waals surface area contributed by atoms with Crippen LogP contribution in [0.25, 0.3) is 0 Å². The molecule has 0 bridgehead atoms. The summed E-state index contributed by atoms with van der Waals surface area (Å²) in [5.41, 5.74) is 0.310. The van der Waals surface area contributed by atoms with Crippen LogP contribution in [0.4, 0.5) is 10.2 Å². The Hall–Kier alpha value is -2.41. The first kappa shape index (κ1) is 18.4. The largest absolute Gasteiger partial charge is 0.472 e. The Morgan fingerprint density at radius 2 is 1.88 bits per heavy atom. The topological polar surface area (TPSA) is 58.6 Å². The van der Waals surface area contributed by atoms with Gasteiger partial charge in [-0.05, 0) is 32.0 Å². The number of benzene rings is 1. The van der Waals surface area contributed by atoms with Gasteiger partial charge in [-0.15, -0.1) is 0 Å². The average molecular weight is 379 g/mol. The standard InChI is InChI=1S/C18H20ClFN4O2/c1-12(2)26-17-16(21-5-6-22-17)23-7-9-24(10-8-23)18(25)14-4-3-13(20)11-15(14)19/h3-6,11-12H,7-10H2,1-2H3. The lowest BCUT2D eigenvalue weighted by atomic mass is 10.1. The summed E-state index contributed by atoms with van der Waals surface area (Å²) in [5.74, 6) is 0.501. The van der Waals surface area contributed by atoms with Crippen molar-refractivity contribution in [2.24, 2.45) is 0 Å². The highest BCUT2D eigenvalue weighted by molar-refractivity contribution is 6.33. The van der Waals surface area contributed by atoms with Crippen LogP contribution in [0.5, 0.6) is 5.88 Å². The summed E-state index contributed by atoms with van der Waals surface area (Å²) in [4.78, 5) is 25.0. The summed E-state index contributed by atoms with van der Waals surface area (Å²) in [6.07, 6.45) is 3.21. The van der Waals surface area contributed by atoms with Crippen LogP contribution in [0.15, 0.2) is 30.6 Å². The van der Waals surface area contributed by atoms with E-state index in [4.69, 9.17) is 16.3 Å². The Morgan fingerprint density at radius 1 is 1.19 bits per heavy atom. The van der Waals surface area contributed by atoms with Crippen LogP contribution >= 0.6 is 11.6 Å². The fourth-order valence-electron chi connectivity index (χ4n) is 2.80. The molecule has 1 saturated heterocycles. The fourth-order valence-corrected chi connectivity index (χ4v) is 3.04. The number of carbonyl (C=O) groups is 1. The first-order chi connectivity index (χ1) is 12.5. The van der Waals surface area contributed by atoms with E-state index in [1.807, 2.05) is 18.7 Å². The highest BCUT2D eigenvalue weighted by Crippen LogP contribution is 2.25. The normalized spacial score (nSPS) is 14.7. The molecule has 0 saturated carbocycles. The van der Waals surface area contributed by atoms with Gasteiger partial charge in [0, 0.05) is 38.6 Å².